The number of hydrogen-bond acceptors (Lipinski definition) is 2. The third kappa shape index (κ3) is 1.31. The molecule has 2 N–H and O–H groups in total. The minimum absolute atomic E-state index is 0.164. The largest absolute Gasteiger partial charge is 0.396 e. The zero-order valence-electron chi connectivity index (χ0n) is 9.63. The summed E-state index contributed by atoms with van der Waals surface area (Å²) < 4.78 is 0. The SMILES string of the molecule is CC12CC3CC(CO)(C1)CC(CO)(C3)C2. The highest BCUT2D eigenvalue weighted by Gasteiger charge is 2.61. The molecule has 0 radical (unpaired) electrons. The lowest BCUT2D eigenvalue weighted by Crippen LogP contribution is -2.58. The average molecular weight is 210 g/mol. The summed E-state index contributed by atoms with van der Waals surface area (Å²) in [7, 11) is 0. The molecule has 0 aromatic carbocycles. The van der Waals surface area contributed by atoms with Gasteiger partial charge in [0, 0.05) is 13.2 Å². The Kier molecular flexibility index (Phi) is 1.87. The number of aliphatic hydroxyl groups excluding tert-OH is 2. The first-order valence-electron chi connectivity index (χ1n) is 6.25. The quantitative estimate of drug-likeness (QED) is 0.731. The van der Waals surface area contributed by atoms with Crippen LogP contribution in [-0.4, -0.2) is 23.4 Å². The Morgan fingerprint density at radius 2 is 1.47 bits per heavy atom. The van der Waals surface area contributed by atoms with Crippen molar-refractivity contribution in [3.8, 4) is 0 Å². The molecule has 4 rings (SSSR count). The molecule has 0 aliphatic heterocycles. The van der Waals surface area contributed by atoms with Crippen LogP contribution in [0.1, 0.15) is 45.4 Å². The lowest BCUT2D eigenvalue weighted by molar-refractivity contribution is -0.179. The Morgan fingerprint density at radius 1 is 0.933 bits per heavy atom. The monoisotopic (exact) mass is 210 g/mol. The predicted octanol–water partition coefficient (Wildman–Crippen LogP) is 1.95. The summed E-state index contributed by atoms with van der Waals surface area (Å²) in [5.74, 6) is 0.769. The minimum atomic E-state index is 0.164. The van der Waals surface area contributed by atoms with Crippen LogP contribution in [0.25, 0.3) is 0 Å². The smallest absolute Gasteiger partial charge is 0.0487 e. The van der Waals surface area contributed by atoms with Crippen LogP contribution < -0.4 is 0 Å². The van der Waals surface area contributed by atoms with Gasteiger partial charge < -0.3 is 10.2 Å². The van der Waals surface area contributed by atoms with E-state index in [0.717, 1.165) is 12.3 Å². The van der Waals surface area contributed by atoms with E-state index in [1.54, 1.807) is 0 Å². The molecule has 0 heterocycles. The van der Waals surface area contributed by atoms with Crippen molar-refractivity contribution in [2.45, 2.75) is 45.4 Å². The summed E-state index contributed by atoms with van der Waals surface area (Å²) in [5.41, 5.74) is 0.735. The molecule has 0 saturated heterocycles. The van der Waals surface area contributed by atoms with Crippen molar-refractivity contribution in [1.82, 2.24) is 0 Å². The summed E-state index contributed by atoms with van der Waals surface area (Å²) in [5, 5.41) is 19.3. The van der Waals surface area contributed by atoms with Gasteiger partial charge in [0.25, 0.3) is 0 Å². The van der Waals surface area contributed by atoms with Gasteiger partial charge in [-0.3, -0.25) is 0 Å². The second-order valence-electron chi connectivity index (χ2n) is 7.14. The van der Waals surface area contributed by atoms with Crippen LogP contribution in [0.3, 0.4) is 0 Å². The van der Waals surface area contributed by atoms with Crippen molar-refractivity contribution in [3.63, 3.8) is 0 Å². The number of rotatable bonds is 2. The molecule has 4 saturated carbocycles. The molecule has 4 fully saturated rings. The lowest BCUT2D eigenvalue weighted by atomic mass is 9.40. The third-order valence-corrected chi connectivity index (χ3v) is 5.25. The molecule has 2 nitrogen and oxygen atoms in total. The average Bonchev–Trinajstić information content (AvgIpc) is 2.14. The molecule has 0 amide bonds. The van der Waals surface area contributed by atoms with Crippen LogP contribution in [0.5, 0.6) is 0 Å². The van der Waals surface area contributed by atoms with Crippen LogP contribution >= 0.6 is 0 Å². The molecule has 4 aliphatic rings. The van der Waals surface area contributed by atoms with Crippen molar-refractivity contribution < 1.29 is 10.2 Å². The highest BCUT2D eigenvalue weighted by Crippen LogP contribution is 2.69. The van der Waals surface area contributed by atoms with Crippen molar-refractivity contribution in [2.24, 2.45) is 22.2 Å². The van der Waals surface area contributed by atoms with Gasteiger partial charge in [0.2, 0.25) is 0 Å². The predicted molar refractivity (Wildman–Crippen MR) is 58.3 cm³/mol. The van der Waals surface area contributed by atoms with Gasteiger partial charge in [0.05, 0.1) is 0 Å². The maximum Gasteiger partial charge on any atom is 0.0487 e. The van der Waals surface area contributed by atoms with E-state index in [-0.39, 0.29) is 10.8 Å². The van der Waals surface area contributed by atoms with Crippen LogP contribution in [0, 0.1) is 22.2 Å². The molecule has 86 valence electrons. The molecule has 0 aromatic heterocycles. The van der Waals surface area contributed by atoms with Crippen molar-refractivity contribution in [2.75, 3.05) is 13.2 Å². The molecular formula is C13H22O2. The van der Waals surface area contributed by atoms with E-state index in [9.17, 15) is 10.2 Å². The Morgan fingerprint density at radius 3 is 1.87 bits per heavy atom. The number of hydrogen-bond donors (Lipinski definition) is 2. The fraction of sp³-hybridized carbons (Fsp3) is 1.00. The first kappa shape index (κ1) is 10.1. The van der Waals surface area contributed by atoms with Crippen molar-refractivity contribution >= 4 is 0 Å². The fourth-order valence-electron chi connectivity index (χ4n) is 5.72. The molecule has 4 bridgehead atoms. The molecule has 2 unspecified atom stereocenters. The van der Waals surface area contributed by atoms with Gasteiger partial charge in [0.1, 0.15) is 0 Å². The Labute approximate surface area is 91.7 Å². The lowest BCUT2D eigenvalue weighted by Gasteiger charge is -2.65. The topological polar surface area (TPSA) is 40.5 Å². The Hall–Kier alpha value is -0.0800. The Bertz CT molecular complexity index is 266. The zero-order valence-corrected chi connectivity index (χ0v) is 9.63. The first-order chi connectivity index (χ1) is 7.03. The molecule has 0 spiro atoms. The van der Waals surface area contributed by atoms with E-state index < -0.39 is 0 Å². The molecule has 2 heteroatoms. The normalized spacial score (nSPS) is 57.4. The summed E-state index contributed by atoms with van der Waals surface area (Å²) >= 11 is 0. The zero-order chi connectivity index (χ0) is 10.7. The van der Waals surface area contributed by atoms with Crippen LogP contribution in [-0.2, 0) is 0 Å². The van der Waals surface area contributed by atoms with Crippen molar-refractivity contribution in [1.29, 1.82) is 0 Å². The third-order valence-electron chi connectivity index (χ3n) is 5.25. The van der Waals surface area contributed by atoms with Gasteiger partial charge in [0.15, 0.2) is 0 Å². The molecule has 15 heavy (non-hydrogen) atoms. The molecular weight excluding hydrogens is 188 g/mol. The van der Waals surface area contributed by atoms with E-state index in [4.69, 9.17) is 0 Å². The first-order valence-corrected chi connectivity index (χ1v) is 6.25. The molecule has 0 aromatic rings. The maximum atomic E-state index is 9.67. The fourth-order valence-corrected chi connectivity index (χ4v) is 5.72. The van der Waals surface area contributed by atoms with E-state index >= 15 is 0 Å². The van der Waals surface area contributed by atoms with Gasteiger partial charge in [-0.15, -0.1) is 0 Å². The summed E-state index contributed by atoms with van der Waals surface area (Å²) in [6.45, 7) is 3.04. The van der Waals surface area contributed by atoms with Gasteiger partial charge in [-0.05, 0) is 60.7 Å². The van der Waals surface area contributed by atoms with Gasteiger partial charge in [-0.2, -0.15) is 0 Å². The van der Waals surface area contributed by atoms with Crippen molar-refractivity contribution in [3.05, 3.63) is 0 Å². The summed E-state index contributed by atoms with van der Waals surface area (Å²) in [6.07, 6.45) is 7.20. The van der Waals surface area contributed by atoms with E-state index in [1.807, 2.05) is 0 Å². The summed E-state index contributed by atoms with van der Waals surface area (Å²) in [6, 6.07) is 0. The van der Waals surface area contributed by atoms with E-state index in [2.05, 4.69) is 6.92 Å². The van der Waals surface area contributed by atoms with Gasteiger partial charge in [-0.25, -0.2) is 0 Å². The molecule has 2 atom stereocenters. The summed E-state index contributed by atoms with van der Waals surface area (Å²) in [4.78, 5) is 0. The maximum absolute atomic E-state index is 9.67. The van der Waals surface area contributed by atoms with E-state index in [0.29, 0.717) is 18.6 Å². The van der Waals surface area contributed by atoms with Gasteiger partial charge >= 0.3 is 0 Å². The second kappa shape index (κ2) is 2.78. The second-order valence-corrected chi connectivity index (χ2v) is 7.14. The Balaban J connectivity index is 2.00. The van der Waals surface area contributed by atoms with Crippen LogP contribution in [0.15, 0.2) is 0 Å². The minimum Gasteiger partial charge on any atom is -0.396 e. The van der Waals surface area contributed by atoms with Crippen LogP contribution in [0.4, 0.5) is 0 Å². The van der Waals surface area contributed by atoms with E-state index in [1.165, 1.54) is 32.1 Å². The highest BCUT2D eigenvalue weighted by atomic mass is 16.3. The number of aliphatic hydroxyl groups is 2. The molecule has 4 aliphatic carbocycles. The standard InChI is InChI=1S/C13H22O2/c1-11-2-10-3-12(5-11,8-14)7-13(4-10,6-11)9-15/h10,14-15H,2-9H2,1H3. The van der Waals surface area contributed by atoms with Gasteiger partial charge in [-0.1, -0.05) is 6.92 Å². The van der Waals surface area contributed by atoms with Crippen LogP contribution in [0.2, 0.25) is 0 Å². The highest BCUT2D eigenvalue weighted by molar-refractivity contribution is 5.11.